The number of carbonyl (C=O) groups excluding carboxylic acids is 1. The summed E-state index contributed by atoms with van der Waals surface area (Å²) in [5, 5.41) is 2.97. The second kappa shape index (κ2) is 6.79. The number of nitrogens with zero attached hydrogens (tertiary/aromatic N) is 2. The average molecular weight is 376 g/mol. The maximum absolute atomic E-state index is 12.4. The molecule has 5 heteroatoms. The third-order valence-electron chi connectivity index (χ3n) is 4.35. The van der Waals surface area contributed by atoms with E-state index in [1.54, 1.807) is 0 Å². The van der Waals surface area contributed by atoms with Gasteiger partial charge in [0.25, 0.3) is 5.91 Å². The number of hydrogen-bond acceptors (Lipinski definition) is 2. The number of nitrogens with one attached hydrogen (secondary N) is 1. The predicted octanol–water partition coefficient (Wildman–Crippen LogP) is 4.37. The van der Waals surface area contributed by atoms with Gasteiger partial charge in [0, 0.05) is 41.7 Å². The number of benzene rings is 1. The van der Waals surface area contributed by atoms with Crippen LogP contribution in [0, 0.1) is 5.92 Å². The van der Waals surface area contributed by atoms with Gasteiger partial charge in [-0.1, -0.05) is 6.92 Å². The van der Waals surface area contributed by atoms with Crippen LogP contribution in [0.4, 0.5) is 11.4 Å². The summed E-state index contributed by atoms with van der Waals surface area (Å²) in [6, 6.07) is 9.97. The molecule has 1 unspecified atom stereocenters. The van der Waals surface area contributed by atoms with Gasteiger partial charge < -0.3 is 14.8 Å². The van der Waals surface area contributed by atoms with E-state index in [2.05, 4.69) is 45.2 Å². The third kappa shape index (κ3) is 3.61. The molecule has 4 nitrogen and oxygen atoms in total. The zero-order valence-corrected chi connectivity index (χ0v) is 15.1. The van der Waals surface area contributed by atoms with Crippen molar-refractivity contribution in [3.63, 3.8) is 0 Å². The summed E-state index contributed by atoms with van der Waals surface area (Å²) in [6.07, 6.45) is 3.17. The molecular formula is C18H22BrN3O. The molecule has 1 amide bonds. The minimum atomic E-state index is -0.0832. The molecule has 1 aliphatic heterocycles. The van der Waals surface area contributed by atoms with Crippen LogP contribution >= 0.6 is 15.9 Å². The van der Waals surface area contributed by atoms with Gasteiger partial charge in [0.2, 0.25) is 0 Å². The van der Waals surface area contributed by atoms with Gasteiger partial charge in [0.15, 0.2) is 0 Å². The second-order valence-corrected chi connectivity index (χ2v) is 7.09. The van der Waals surface area contributed by atoms with Crippen molar-refractivity contribution in [2.45, 2.75) is 26.8 Å². The molecule has 1 fully saturated rings. The first-order valence-electron chi connectivity index (χ1n) is 8.09. The lowest BCUT2D eigenvalue weighted by atomic mass is 10.2. The SMILES string of the molecule is CCn1cc(Br)cc1C(=O)Nc1ccc(N2CCC(C)C2)cc1. The van der Waals surface area contributed by atoms with E-state index in [1.807, 2.05) is 35.9 Å². The van der Waals surface area contributed by atoms with Gasteiger partial charge in [-0.05, 0) is 65.5 Å². The fourth-order valence-electron chi connectivity index (χ4n) is 3.05. The normalized spacial score (nSPS) is 17.5. The summed E-state index contributed by atoms with van der Waals surface area (Å²) < 4.78 is 2.85. The molecule has 0 radical (unpaired) electrons. The number of aromatic nitrogens is 1. The lowest BCUT2D eigenvalue weighted by Gasteiger charge is -2.18. The molecule has 0 bridgehead atoms. The number of carbonyl (C=O) groups is 1. The number of amides is 1. The van der Waals surface area contributed by atoms with Crippen LogP contribution in [0.1, 0.15) is 30.8 Å². The van der Waals surface area contributed by atoms with Crippen LogP contribution in [0.5, 0.6) is 0 Å². The second-order valence-electron chi connectivity index (χ2n) is 6.17. The summed E-state index contributed by atoms with van der Waals surface area (Å²) in [6.45, 7) is 7.31. The van der Waals surface area contributed by atoms with Crippen LogP contribution in [0.15, 0.2) is 41.0 Å². The molecule has 3 rings (SSSR count). The first-order chi connectivity index (χ1) is 11.1. The van der Waals surface area contributed by atoms with Crippen molar-refractivity contribution in [1.29, 1.82) is 0 Å². The lowest BCUT2D eigenvalue weighted by Crippen LogP contribution is -2.19. The zero-order valence-electron chi connectivity index (χ0n) is 13.6. The van der Waals surface area contributed by atoms with Crippen molar-refractivity contribution in [1.82, 2.24) is 4.57 Å². The van der Waals surface area contributed by atoms with E-state index in [9.17, 15) is 4.79 Å². The standard InChI is InChI=1S/C18H22BrN3O/c1-3-21-12-14(19)10-17(21)18(23)20-15-4-6-16(7-5-15)22-9-8-13(2)11-22/h4-7,10,12-13H,3,8-9,11H2,1-2H3,(H,20,23). The molecular weight excluding hydrogens is 354 g/mol. The topological polar surface area (TPSA) is 37.3 Å². The Morgan fingerprint density at radius 3 is 2.70 bits per heavy atom. The van der Waals surface area contributed by atoms with E-state index < -0.39 is 0 Å². The van der Waals surface area contributed by atoms with Gasteiger partial charge in [-0.2, -0.15) is 0 Å². The third-order valence-corrected chi connectivity index (χ3v) is 4.78. The Morgan fingerprint density at radius 1 is 1.35 bits per heavy atom. The molecule has 1 N–H and O–H groups in total. The first-order valence-corrected chi connectivity index (χ1v) is 8.88. The molecule has 1 saturated heterocycles. The van der Waals surface area contributed by atoms with E-state index >= 15 is 0 Å². The zero-order chi connectivity index (χ0) is 16.4. The number of aryl methyl sites for hydroxylation is 1. The average Bonchev–Trinajstić information content (AvgIpc) is 3.13. The van der Waals surface area contributed by atoms with Crippen molar-refractivity contribution in [3.8, 4) is 0 Å². The Morgan fingerprint density at radius 2 is 2.09 bits per heavy atom. The highest BCUT2D eigenvalue weighted by molar-refractivity contribution is 9.10. The summed E-state index contributed by atoms with van der Waals surface area (Å²) in [5.41, 5.74) is 2.72. The minimum Gasteiger partial charge on any atom is -0.371 e. The molecule has 1 aromatic heterocycles. The summed E-state index contributed by atoms with van der Waals surface area (Å²) in [5.74, 6) is 0.676. The van der Waals surface area contributed by atoms with Crippen LogP contribution < -0.4 is 10.2 Å². The number of hydrogen-bond donors (Lipinski definition) is 1. The monoisotopic (exact) mass is 375 g/mol. The van der Waals surface area contributed by atoms with Crippen LogP contribution in [0.2, 0.25) is 0 Å². The highest BCUT2D eigenvalue weighted by Crippen LogP contribution is 2.25. The molecule has 0 aliphatic carbocycles. The van der Waals surface area contributed by atoms with Crippen molar-refractivity contribution in [2.24, 2.45) is 5.92 Å². The first kappa shape index (κ1) is 16.1. The highest BCUT2D eigenvalue weighted by atomic mass is 79.9. The molecule has 1 aromatic carbocycles. The van der Waals surface area contributed by atoms with Crippen molar-refractivity contribution in [2.75, 3.05) is 23.3 Å². The smallest absolute Gasteiger partial charge is 0.272 e. The highest BCUT2D eigenvalue weighted by Gasteiger charge is 2.19. The van der Waals surface area contributed by atoms with Gasteiger partial charge in [-0.3, -0.25) is 4.79 Å². The van der Waals surface area contributed by atoms with E-state index in [0.717, 1.165) is 35.7 Å². The van der Waals surface area contributed by atoms with Gasteiger partial charge in [-0.15, -0.1) is 0 Å². The summed E-state index contributed by atoms with van der Waals surface area (Å²) in [4.78, 5) is 14.8. The van der Waals surface area contributed by atoms with Gasteiger partial charge in [0.1, 0.15) is 5.69 Å². The lowest BCUT2D eigenvalue weighted by molar-refractivity contribution is 0.101. The van der Waals surface area contributed by atoms with Crippen LogP contribution in [0.3, 0.4) is 0 Å². The van der Waals surface area contributed by atoms with Crippen molar-refractivity contribution in [3.05, 3.63) is 46.7 Å². The maximum Gasteiger partial charge on any atom is 0.272 e. The number of halogens is 1. The van der Waals surface area contributed by atoms with Gasteiger partial charge in [-0.25, -0.2) is 0 Å². The molecule has 122 valence electrons. The largest absolute Gasteiger partial charge is 0.371 e. The predicted molar refractivity (Wildman–Crippen MR) is 98.2 cm³/mol. The van der Waals surface area contributed by atoms with Crippen molar-refractivity contribution < 1.29 is 4.79 Å². The van der Waals surface area contributed by atoms with Crippen LogP contribution in [-0.2, 0) is 6.54 Å². The Kier molecular flexibility index (Phi) is 4.76. The number of rotatable bonds is 4. The number of anilines is 2. The van der Waals surface area contributed by atoms with Gasteiger partial charge >= 0.3 is 0 Å². The van der Waals surface area contributed by atoms with Crippen molar-refractivity contribution >= 4 is 33.2 Å². The maximum atomic E-state index is 12.4. The van der Waals surface area contributed by atoms with E-state index in [0.29, 0.717) is 5.69 Å². The minimum absolute atomic E-state index is 0.0832. The molecule has 1 atom stereocenters. The Balaban J connectivity index is 1.69. The Labute approximate surface area is 145 Å². The molecule has 0 spiro atoms. The molecule has 0 saturated carbocycles. The quantitative estimate of drug-likeness (QED) is 0.861. The van der Waals surface area contributed by atoms with Crippen LogP contribution in [0.25, 0.3) is 0 Å². The Bertz CT molecular complexity index is 693. The van der Waals surface area contributed by atoms with E-state index in [-0.39, 0.29) is 5.91 Å². The fourth-order valence-corrected chi connectivity index (χ4v) is 3.51. The van der Waals surface area contributed by atoms with E-state index in [4.69, 9.17) is 0 Å². The molecule has 2 heterocycles. The molecule has 23 heavy (non-hydrogen) atoms. The summed E-state index contributed by atoms with van der Waals surface area (Å²) in [7, 11) is 0. The summed E-state index contributed by atoms with van der Waals surface area (Å²) >= 11 is 3.42. The molecule has 1 aliphatic rings. The Hall–Kier alpha value is -1.75. The van der Waals surface area contributed by atoms with Gasteiger partial charge in [0.05, 0.1) is 0 Å². The fraction of sp³-hybridized carbons (Fsp3) is 0.389. The van der Waals surface area contributed by atoms with E-state index in [1.165, 1.54) is 12.1 Å². The van der Waals surface area contributed by atoms with Crippen LogP contribution in [-0.4, -0.2) is 23.6 Å². The molecule has 2 aromatic rings.